The molecule has 13 heteroatoms. The van der Waals surface area contributed by atoms with E-state index in [0.29, 0.717) is 36.6 Å². The number of amides is 4. The molecule has 4 amide bonds. The fourth-order valence-electron chi connectivity index (χ4n) is 8.20. The number of carbonyl (C=O) groups is 3. The van der Waals surface area contributed by atoms with Crippen molar-refractivity contribution in [3.63, 3.8) is 0 Å². The summed E-state index contributed by atoms with van der Waals surface area (Å²) in [6.07, 6.45) is 2.88. The first kappa shape index (κ1) is 39.3. The van der Waals surface area contributed by atoms with Crippen molar-refractivity contribution in [3.8, 4) is 33.6 Å². The summed E-state index contributed by atoms with van der Waals surface area (Å²) in [7, 11) is 0. The Kier molecular flexibility index (Phi) is 11.4. The van der Waals surface area contributed by atoms with Gasteiger partial charge in [-0.2, -0.15) is 0 Å². The van der Waals surface area contributed by atoms with E-state index in [0.717, 1.165) is 39.2 Å². The number of rotatable bonds is 11. The Morgan fingerprint density at radius 3 is 1.58 bits per heavy atom. The van der Waals surface area contributed by atoms with Crippen LogP contribution < -0.4 is 10.6 Å². The number of β-amino-alcohol motifs (C(OH)–C–C–N with tert-alkyl or cyclic N) is 2. The van der Waals surface area contributed by atoms with Crippen LogP contribution in [-0.4, -0.2) is 89.6 Å². The maximum absolute atomic E-state index is 14.0. The lowest BCUT2D eigenvalue weighted by molar-refractivity contribution is -0.135. The predicted molar refractivity (Wildman–Crippen MR) is 223 cm³/mol. The van der Waals surface area contributed by atoms with Crippen molar-refractivity contribution in [3.05, 3.63) is 144 Å². The summed E-state index contributed by atoms with van der Waals surface area (Å²) >= 11 is 0. The van der Waals surface area contributed by atoms with Gasteiger partial charge in [0.2, 0.25) is 5.91 Å². The van der Waals surface area contributed by atoms with E-state index in [2.05, 4.69) is 42.7 Å². The number of nitrogens with one attached hydrogen (secondary N) is 4. The number of benzene rings is 4. The zero-order valence-electron chi connectivity index (χ0n) is 33.0. The molecule has 59 heavy (non-hydrogen) atoms. The Balaban J connectivity index is 0.938. The number of imidazole rings is 2. The molecule has 13 nitrogen and oxygen atoms in total. The number of urea groups is 1. The van der Waals surface area contributed by atoms with Gasteiger partial charge < -0.3 is 40.6 Å². The topological polar surface area (TPSA) is 180 Å². The van der Waals surface area contributed by atoms with Crippen LogP contribution in [0.5, 0.6) is 0 Å². The van der Waals surface area contributed by atoms with Gasteiger partial charge in [-0.25, -0.2) is 14.8 Å². The monoisotopic (exact) mass is 792 g/mol. The molecule has 4 aromatic carbocycles. The molecular formula is C46H48N8O5. The van der Waals surface area contributed by atoms with Crippen LogP contribution in [0.3, 0.4) is 0 Å². The standard InChI is InChI=1S/C46H48N8O5/c1-3-47-46(59)52-41(34-12-8-5-9-13-34)45(58)54-27-36(56)23-40(54)43-49-25-38(51-43)33-20-16-31(17-21-33)30-14-18-32(19-15-30)37-24-48-42(50-37)39-22-35(55)26-53(39)44(57)28(2)29-10-6-4-7-11-29/h4-21,24-25,28,35-36,39-41,55-56H,3,22-23,26-27H2,1-2H3,(H,48,50)(H,49,51)(H2,47,52,59)/t28-,35-,36-,39+,40+,41-/m1/s1. The third-order valence-corrected chi connectivity index (χ3v) is 11.3. The van der Waals surface area contributed by atoms with Gasteiger partial charge in [0.25, 0.3) is 5.91 Å². The van der Waals surface area contributed by atoms with Gasteiger partial charge in [-0.1, -0.05) is 109 Å². The van der Waals surface area contributed by atoms with E-state index < -0.39 is 30.3 Å². The number of H-pyrrole nitrogens is 2. The average Bonchev–Trinajstić information content (AvgIpc) is 4.10. The van der Waals surface area contributed by atoms with E-state index in [1.165, 1.54) is 0 Å². The summed E-state index contributed by atoms with van der Waals surface area (Å²) in [6, 6.07) is 32.8. The fourth-order valence-corrected chi connectivity index (χ4v) is 8.20. The molecule has 2 aliphatic rings. The molecule has 0 unspecified atom stereocenters. The van der Waals surface area contributed by atoms with E-state index in [-0.39, 0.29) is 36.9 Å². The normalized spacial score (nSPS) is 20.0. The number of carbonyl (C=O) groups excluding carboxylic acids is 3. The number of hydrogen-bond acceptors (Lipinski definition) is 7. The number of aliphatic hydroxyl groups excluding tert-OH is 2. The van der Waals surface area contributed by atoms with Gasteiger partial charge in [0.15, 0.2) is 0 Å². The maximum Gasteiger partial charge on any atom is 0.315 e. The van der Waals surface area contributed by atoms with Gasteiger partial charge in [-0.05, 0) is 47.2 Å². The smallest absolute Gasteiger partial charge is 0.315 e. The highest BCUT2D eigenvalue weighted by atomic mass is 16.3. The molecule has 2 fully saturated rings. The van der Waals surface area contributed by atoms with Crippen LogP contribution in [-0.2, 0) is 9.59 Å². The minimum atomic E-state index is -0.937. The zero-order valence-corrected chi connectivity index (χ0v) is 33.0. The highest BCUT2D eigenvalue weighted by Crippen LogP contribution is 2.37. The highest BCUT2D eigenvalue weighted by molar-refractivity contribution is 5.89. The molecule has 302 valence electrons. The number of aromatic amines is 2. The van der Waals surface area contributed by atoms with Crippen LogP contribution >= 0.6 is 0 Å². The van der Waals surface area contributed by atoms with Gasteiger partial charge in [0.05, 0.1) is 54.0 Å². The summed E-state index contributed by atoms with van der Waals surface area (Å²) < 4.78 is 0. The molecule has 2 aromatic heterocycles. The largest absolute Gasteiger partial charge is 0.391 e. The molecule has 2 saturated heterocycles. The zero-order chi connectivity index (χ0) is 41.0. The second-order valence-corrected chi connectivity index (χ2v) is 15.3. The van der Waals surface area contributed by atoms with Gasteiger partial charge in [0, 0.05) is 32.5 Å². The molecule has 6 N–H and O–H groups in total. The number of aliphatic hydroxyl groups is 2. The van der Waals surface area contributed by atoms with Crippen LogP contribution in [0.1, 0.15) is 73.5 Å². The number of hydrogen-bond donors (Lipinski definition) is 6. The minimum Gasteiger partial charge on any atom is -0.391 e. The second-order valence-electron chi connectivity index (χ2n) is 15.3. The van der Waals surface area contributed by atoms with E-state index in [1.807, 2.05) is 98.8 Å². The molecule has 0 spiro atoms. The first-order chi connectivity index (χ1) is 28.7. The lowest BCUT2D eigenvalue weighted by atomic mass is 9.99. The van der Waals surface area contributed by atoms with Crippen molar-refractivity contribution < 1.29 is 24.6 Å². The summed E-state index contributed by atoms with van der Waals surface area (Å²) in [5.41, 5.74) is 7.09. The minimum absolute atomic E-state index is 0.0351. The van der Waals surface area contributed by atoms with Crippen LogP contribution in [0.25, 0.3) is 33.6 Å². The van der Waals surface area contributed by atoms with Gasteiger partial charge in [0.1, 0.15) is 17.7 Å². The molecule has 6 aromatic rings. The second kappa shape index (κ2) is 17.1. The van der Waals surface area contributed by atoms with Crippen LogP contribution in [0.4, 0.5) is 4.79 Å². The summed E-state index contributed by atoms with van der Waals surface area (Å²) in [6.45, 7) is 4.51. The summed E-state index contributed by atoms with van der Waals surface area (Å²) in [4.78, 5) is 59.6. The fraction of sp³-hybridized carbons (Fsp3) is 0.283. The predicted octanol–water partition coefficient (Wildman–Crippen LogP) is 6.27. The molecule has 0 saturated carbocycles. The summed E-state index contributed by atoms with van der Waals surface area (Å²) in [5.74, 6) is 0.511. The molecule has 0 radical (unpaired) electrons. The van der Waals surface area contributed by atoms with E-state index >= 15 is 0 Å². The van der Waals surface area contributed by atoms with E-state index in [1.54, 1.807) is 34.3 Å². The van der Waals surface area contributed by atoms with Crippen LogP contribution in [0.2, 0.25) is 0 Å². The molecule has 2 aliphatic heterocycles. The quantitative estimate of drug-likeness (QED) is 0.0896. The third kappa shape index (κ3) is 8.38. The van der Waals surface area contributed by atoms with Crippen molar-refractivity contribution >= 4 is 17.8 Å². The SMILES string of the molecule is CCNC(=O)N[C@@H](C(=O)N1C[C@H](O)C[C@H]1c1ncc(-c2ccc(-c3ccc(-c4cnc([C@@H]5C[C@@H](O)CN5C(=O)[C@H](C)c5ccccc5)[nH]4)cc3)cc2)[nH]1)c1ccccc1. The lowest BCUT2D eigenvalue weighted by Gasteiger charge is -2.28. The van der Waals surface area contributed by atoms with Crippen LogP contribution in [0.15, 0.2) is 122 Å². The number of aromatic nitrogens is 4. The molecule has 6 atom stereocenters. The van der Waals surface area contributed by atoms with Crippen LogP contribution in [0, 0.1) is 0 Å². The maximum atomic E-state index is 14.0. The number of nitrogens with zero attached hydrogens (tertiary/aromatic N) is 4. The Bertz CT molecular complexity index is 2380. The van der Waals surface area contributed by atoms with Crippen molar-refractivity contribution in [2.24, 2.45) is 0 Å². The molecular weight excluding hydrogens is 745 g/mol. The Morgan fingerprint density at radius 1 is 0.661 bits per heavy atom. The summed E-state index contributed by atoms with van der Waals surface area (Å²) in [5, 5.41) is 26.8. The van der Waals surface area contributed by atoms with Crippen molar-refractivity contribution in [2.75, 3.05) is 19.6 Å². The van der Waals surface area contributed by atoms with Crippen molar-refractivity contribution in [2.45, 2.75) is 62.9 Å². The third-order valence-electron chi connectivity index (χ3n) is 11.3. The Hall–Kier alpha value is -6.57. The van der Waals surface area contributed by atoms with Crippen molar-refractivity contribution in [1.29, 1.82) is 0 Å². The van der Waals surface area contributed by atoms with E-state index in [9.17, 15) is 24.6 Å². The van der Waals surface area contributed by atoms with Gasteiger partial charge >= 0.3 is 6.03 Å². The molecule has 4 heterocycles. The van der Waals surface area contributed by atoms with Gasteiger partial charge in [-0.15, -0.1) is 0 Å². The molecule has 0 aliphatic carbocycles. The number of likely N-dealkylation sites (tertiary alicyclic amines) is 2. The van der Waals surface area contributed by atoms with Gasteiger partial charge in [-0.3, -0.25) is 9.59 Å². The molecule has 0 bridgehead atoms. The molecule has 8 rings (SSSR count). The first-order valence-corrected chi connectivity index (χ1v) is 20.1. The average molecular weight is 793 g/mol. The first-order valence-electron chi connectivity index (χ1n) is 20.1. The lowest BCUT2D eigenvalue weighted by Crippen LogP contribution is -2.46. The Labute approximate surface area is 342 Å². The van der Waals surface area contributed by atoms with Crippen molar-refractivity contribution in [1.82, 2.24) is 40.4 Å². The highest BCUT2D eigenvalue weighted by Gasteiger charge is 2.41. The Morgan fingerprint density at radius 2 is 1.10 bits per heavy atom. The van der Waals surface area contributed by atoms with E-state index in [4.69, 9.17) is 0 Å².